The van der Waals surface area contributed by atoms with Gasteiger partial charge in [-0.25, -0.2) is 9.48 Å². The largest absolute Gasteiger partial charge is 0.493 e. The van der Waals surface area contributed by atoms with E-state index in [1.807, 2.05) is 36.4 Å². The van der Waals surface area contributed by atoms with Gasteiger partial charge < -0.3 is 14.4 Å². The van der Waals surface area contributed by atoms with Crippen molar-refractivity contribution in [3.8, 4) is 17.5 Å². The molecule has 1 amide bonds. The quantitative estimate of drug-likeness (QED) is 0.732. The lowest BCUT2D eigenvalue weighted by Gasteiger charge is -2.28. The molecule has 0 unspecified atom stereocenters. The van der Waals surface area contributed by atoms with Crippen LogP contribution < -0.4 is 4.74 Å². The van der Waals surface area contributed by atoms with Crippen molar-refractivity contribution in [1.82, 2.24) is 14.7 Å². The first-order valence-corrected chi connectivity index (χ1v) is 7.84. The van der Waals surface area contributed by atoms with Crippen LogP contribution in [0.1, 0.15) is 24.3 Å². The van der Waals surface area contributed by atoms with Gasteiger partial charge in [-0.3, -0.25) is 4.79 Å². The molecule has 0 saturated carbocycles. The Labute approximate surface area is 151 Å². The monoisotopic (exact) mass is 356 g/mol. The average molecular weight is 356 g/mol. The van der Waals surface area contributed by atoms with Crippen molar-refractivity contribution in [2.45, 2.75) is 19.4 Å². The first-order chi connectivity index (χ1) is 12.3. The highest BCUT2D eigenvalue weighted by atomic mass is 16.5. The predicted molar refractivity (Wildman–Crippen MR) is 92.9 cm³/mol. The minimum Gasteiger partial charge on any atom is -0.493 e. The molecule has 0 spiro atoms. The molecule has 8 heteroatoms. The maximum atomic E-state index is 12.3. The van der Waals surface area contributed by atoms with E-state index in [0.717, 1.165) is 5.69 Å². The Bertz CT molecular complexity index is 837. The number of hydrogen-bond donors (Lipinski definition) is 0. The zero-order valence-corrected chi connectivity index (χ0v) is 15.1. The number of carbonyl (C=O) groups is 2. The number of para-hydroxylation sites is 1. The molecule has 0 aliphatic heterocycles. The van der Waals surface area contributed by atoms with E-state index in [-0.39, 0.29) is 11.4 Å². The molecule has 1 aromatic carbocycles. The van der Waals surface area contributed by atoms with Crippen LogP contribution in [0, 0.1) is 11.3 Å². The summed E-state index contributed by atoms with van der Waals surface area (Å²) >= 11 is 0. The minimum absolute atomic E-state index is 0.0358. The number of carbonyl (C=O) groups excluding carboxylic acids is 2. The van der Waals surface area contributed by atoms with Gasteiger partial charge in [0, 0.05) is 7.05 Å². The van der Waals surface area contributed by atoms with Crippen molar-refractivity contribution >= 4 is 11.9 Å². The van der Waals surface area contributed by atoms with Crippen LogP contribution in [-0.2, 0) is 9.53 Å². The van der Waals surface area contributed by atoms with E-state index in [1.165, 1.54) is 23.7 Å². The summed E-state index contributed by atoms with van der Waals surface area (Å²) in [5, 5.41) is 13.2. The summed E-state index contributed by atoms with van der Waals surface area (Å²) in [6, 6.07) is 11.2. The number of nitriles is 1. The lowest BCUT2D eigenvalue weighted by molar-refractivity contribution is -0.136. The van der Waals surface area contributed by atoms with Crippen LogP contribution in [0.2, 0.25) is 0 Å². The van der Waals surface area contributed by atoms with Crippen molar-refractivity contribution in [2.24, 2.45) is 0 Å². The van der Waals surface area contributed by atoms with Crippen molar-refractivity contribution in [2.75, 3.05) is 20.8 Å². The minimum atomic E-state index is -1.00. The molecule has 2 aromatic rings. The van der Waals surface area contributed by atoms with E-state index in [1.54, 1.807) is 20.0 Å². The predicted octanol–water partition coefficient (Wildman–Crippen LogP) is 1.80. The standard InChI is InChI=1S/C18H20N4O4/c1-18(2,12-19)21(3)15(23)11-26-17(24)16-14(25-4)10-22(20-16)13-8-6-5-7-9-13/h5-10H,11H2,1-4H3. The van der Waals surface area contributed by atoms with Gasteiger partial charge in [0.2, 0.25) is 5.69 Å². The lowest BCUT2D eigenvalue weighted by Crippen LogP contribution is -2.45. The van der Waals surface area contributed by atoms with Crippen molar-refractivity contribution in [3.63, 3.8) is 0 Å². The first-order valence-electron chi connectivity index (χ1n) is 7.84. The lowest BCUT2D eigenvalue weighted by atomic mass is 10.1. The van der Waals surface area contributed by atoms with E-state index in [0.29, 0.717) is 0 Å². The molecule has 1 aromatic heterocycles. The molecular formula is C18H20N4O4. The van der Waals surface area contributed by atoms with Crippen LogP contribution in [0.15, 0.2) is 36.5 Å². The number of likely N-dealkylation sites (N-methyl/N-ethyl adjacent to an activating group) is 1. The average Bonchev–Trinajstić information content (AvgIpc) is 3.10. The molecular weight excluding hydrogens is 336 g/mol. The van der Waals surface area contributed by atoms with Gasteiger partial charge in [-0.15, -0.1) is 0 Å². The highest BCUT2D eigenvalue weighted by molar-refractivity contribution is 5.92. The molecule has 0 N–H and O–H groups in total. The highest BCUT2D eigenvalue weighted by Gasteiger charge is 2.28. The second-order valence-electron chi connectivity index (χ2n) is 6.03. The zero-order chi connectivity index (χ0) is 19.3. The maximum absolute atomic E-state index is 12.3. The van der Waals surface area contributed by atoms with Gasteiger partial charge in [0.05, 0.1) is 25.1 Å². The van der Waals surface area contributed by atoms with Gasteiger partial charge in [-0.1, -0.05) is 18.2 Å². The van der Waals surface area contributed by atoms with Gasteiger partial charge in [0.25, 0.3) is 5.91 Å². The Hall–Kier alpha value is -3.34. The van der Waals surface area contributed by atoms with Crippen LogP contribution in [-0.4, -0.2) is 52.9 Å². The third-order valence-electron chi connectivity index (χ3n) is 3.93. The van der Waals surface area contributed by atoms with E-state index in [4.69, 9.17) is 14.7 Å². The van der Waals surface area contributed by atoms with E-state index in [2.05, 4.69) is 5.10 Å². The Balaban J connectivity index is 2.12. The summed E-state index contributed by atoms with van der Waals surface area (Å²) in [5.74, 6) is -1.04. The molecule has 1 heterocycles. The first kappa shape index (κ1) is 19.0. The number of amides is 1. The molecule has 136 valence electrons. The summed E-state index contributed by atoms with van der Waals surface area (Å²) in [4.78, 5) is 25.6. The van der Waals surface area contributed by atoms with Crippen molar-refractivity contribution < 1.29 is 19.1 Å². The number of benzene rings is 1. The van der Waals surface area contributed by atoms with Crippen LogP contribution in [0.5, 0.6) is 5.75 Å². The third kappa shape index (κ3) is 4.00. The third-order valence-corrected chi connectivity index (χ3v) is 3.93. The number of nitrogens with zero attached hydrogens (tertiary/aromatic N) is 4. The normalized spacial score (nSPS) is 10.7. The van der Waals surface area contributed by atoms with Gasteiger partial charge in [-0.05, 0) is 26.0 Å². The molecule has 0 bridgehead atoms. The molecule has 0 aliphatic carbocycles. The Morgan fingerprint density at radius 2 is 1.96 bits per heavy atom. The molecule has 2 rings (SSSR count). The van der Waals surface area contributed by atoms with Crippen LogP contribution in [0.3, 0.4) is 0 Å². The molecule has 0 saturated heterocycles. The summed E-state index contributed by atoms with van der Waals surface area (Å²) in [6.45, 7) is 2.69. The second kappa shape index (κ2) is 7.70. The second-order valence-corrected chi connectivity index (χ2v) is 6.03. The topological polar surface area (TPSA) is 97.5 Å². The van der Waals surface area contributed by atoms with Crippen LogP contribution in [0.25, 0.3) is 5.69 Å². The zero-order valence-electron chi connectivity index (χ0n) is 15.1. The number of methoxy groups -OCH3 is 1. The van der Waals surface area contributed by atoms with Crippen LogP contribution in [0.4, 0.5) is 0 Å². The number of hydrogen-bond acceptors (Lipinski definition) is 6. The number of aromatic nitrogens is 2. The van der Waals surface area contributed by atoms with Gasteiger partial charge in [-0.2, -0.15) is 10.4 Å². The SMILES string of the molecule is COc1cn(-c2ccccc2)nc1C(=O)OCC(=O)N(C)C(C)(C)C#N. The molecule has 0 aliphatic rings. The van der Waals surface area contributed by atoms with Gasteiger partial charge >= 0.3 is 5.97 Å². The summed E-state index contributed by atoms with van der Waals surface area (Å²) in [7, 11) is 2.89. The molecule has 0 fully saturated rings. The number of esters is 1. The summed E-state index contributed by atoms with van der Waals surface area (Å²) in [6.07, 6.45) is 1.55. The highest BCUT2D eigenvalue weighted by Crippen LogP contribution is 2.20. The van der Waals surface area contributed by atoms with E-state index >= 15 is 0 Å². The van der Waals surface area contributed by atoms with E-state index < -0.39 is 24.0 Å². The Morgan fingerprint density at radius 3 is 2.54 bits per heavy atom. The van der Waals surface area contributed by atoms with Gasteiger partial charge in [0.1, 0.15) is 5.54 Å². The molecule has 26 heavy (non-hydrogen) atoms. The smallest absolute Gasteiger partial charge is 0.363 e. The summed E-state index contributed by atoms with van der Waals surface area (Å²) < 4.78 is 11.7. The fourth-order valence-corrected chi connectivity index (χ4v) is 2.04. The van der Waals surface area contributed by atoms with Crippen molar-refractivity contribution in [3.05, 3.63) is 42.2 Å². The summed E-state index contributed by atoms with van der Waals surface area (Å²) in [5.41, 5.74) is -0.293. The molecule has 8 nitrogen and oxygen atoms in total. The molecule has 0 radical (unpaired) electrons. The van der Waals surface area contributed by atoms with Gasteiger partial charge in [0.15, 0.2) is 12.4 Å². The maximum Gasteiger partial charge on any atom is 0.363 e. The van der Waals surface area contributed by atoms with Crippen molar-refractivity contribution in [1.29, 1.82) is 5.26 Å². The van der Waals surface area contributed by atoms with E-state index in [9.17, 15) is 9.59 Å². The Kier molecular flexibility index (Phi) is 5.62. The van der Waals surface area contributed by atoms with Crippen LogP contribution >= 0.6 is 0 Å². The molecule has 0 atom stereocenters. The fourth-order valence-electron chi connectivity index (χ4n) is 2.04. The fraction of sp³-hybridized carbons (Fsp3) is 0.333. The number of rotatable bonds is 6. The Morgan fingerprint density at radius 1 is 1.31 bits per heavy atom. The number of ether oxygens (including phenoxy) is 2.